The van der Waals surface area contributed by atoms with Gasteiger partial charge in [-0.05, 0) is 43.7 Å². The normalized spacial score (nSPS) is 14.4. The highest BCUT2D eigenvalue weighted by atomic mass is 79.9. The molecule has 4 heteroatoms. The number of hydrogen-bond acceptors (Lipinski definition) is 2. The van der Waals surface area contributed by atoms with E-state index in [2.05, 4.69) is 78.1 Å². The summed E-state index contributed by atoms with van der Waals surface area (Å²) < 4.78 is 8.27. The summed E-state index contributed by atoms with van der Waals surface area (Å²) in [5.41, 5.74) is 3.59. The van der Waals surface area contributed by atoms with E-state index in [0.717, 1.165) is 30.4 Å². The number of halogens is 1. The number of hydrogen-bond donors (Lipinski definition) is 0. The van der Waals surface area contributed by atoms with E-state index in [0.29, 0.717) is 0 Å². The van der Waals surface area contributed by atoms with E-state index in [1.54, 1.807) is 0 Å². The van der Waals surface area contributed by atoms with Gasteiger partial charge < -0.3 is 26.6 Å². The first kappa shape index (κ1) is 19.2. The largest absolute Gasteiger partial charge is 1.00 e. The van der Waals surface area contributed by atoms with Gasteiger partial charge in [0.25, 0.3) is 0 Å². The Kier molecular flexibility index (Phi) is 5.97. The zero-order valence-electron chi connectivity index (χ0n) is 15.6. The van der Waals surface area contributed by atoms with Gasteiger partial charge in [-0.25, -0.2) is 0 Å². The fraction of sp³-hybridized carbons (Fsp3) is 0.174. The predicted molar refractivity (Wildman–Crippen MR) is 107 cm³/mol. The van der Waals surface area contributed by atoms with Gasteiger partial charge in [-0.2, -0.15) is 4.57 Å². The molecule has 138 valence electrons. The summed E-state index contributed by atoms with van der Waals surface area (Å²) >= 11 is 0. The number of pyridine rings is 1. The van der Waals surface area contributed by atoms with Crippen LogP contribution in [0.25, 0.3) is 17.0 Å². The number of aryl methyl sites for hydroxylation is 1. The quantitative estimate of drug-likeness (QED) is 0.597. The molecule has 0 saturated carbocycles. The number of allylic oxidation sites excluding steroid dienone is 2. The molecule has 0 spiro atoms. The number of fused-ring (bicyclic) bond motifs is 2. The van der Waals surface area contributed by atoms with Gasteiger partial charge in [0, 0.05) is 18.7 Å². The molecule has 3 nitrogen and oxygen atoms in total. The first-order valence-corrected chi connectivity index (χ1v) is 9.15. The van der Waals surface area contributed by atoms with Crippen molar-refractivity contribution in [2.45, 2.75) is 20.4 Å². The van der Waals surface area contributed by atoms with Crippen LogP contribution in [-0.4, -0.2) is 6.54 Å². The third-order valence-electron chi connectivity index (χ3n) is 4.77. The van der Waals surface area contributed by atoms with Crippen LogP contribution in [0.3, 0.4) is 0 Å². The number of anilines is 1. The van der Waals surface area contributed by atoms with E-state index in [4.69, 9.17) is 4.74 Å². The molecule has 0 radical (unpaired) electrons. The Morgan fingerprint density at radius 1 is 1.00 bits per heavy atom. The van der Waals surface area contributed by atoms with Crippen LogP contribution in [0.4, 0.5) is 5.69 Å². The molecule has 0 bridgehead atoms. The summed E-state index contributed by atoms with van der Waals surface area (Å²) in [5, 5.41) is 1.26. The molecule has 0 aliphatic carbocycles. The predicted octanol–water partition coefficient (Wildman–Crippen LogP) is 1.92. The molecule has 3 aromatic rings. The summed E-state index contributed by atoms with van der Waals surface area (Å²) in [7, 11) is 0. The van der Waals surface area contributed by atoms with Gasteiger partial charge in [0.2, 0.25) is 11.4 Å². The second-order valence-corrected chi connectivity index (χ2v) is 6.25. The van der Waals surface area contributed by atoms with Gasteiger partial charge in [-0.15, -0.1) is 0 Å². The zero-order valence-corrected chi connectivity index (χ0v) is 17.2. The topological polar surface area (TPSA) is 16.4 Å². The second-order valence-electron chi connectivity index (χ2n) is 6.25. The lowest BCUT2D eigenvalue weighted by atomic mass is 10.1. The average Bonchev–Trinajstić information content (AvgIpc) is 3.05. The molecule has 1 aliphatic heterocycles. The molecule has 2 heterocycles. The third kappa shape index (κ3) is 3.62. The van der Waals surface area contributed by atoms with Gasteiger partial charge in [0.15, 0.2) is 11.9 Å². The van der Waals surface area contributed by atoms with Crippen molar-refractivity contribution < 1.29 is 26.3 Å². The summed E-state index contributed by atoms with van der Waals surface area (Å²) in [5.74, 6) is 1.79. The van der Waals surface area contributed by atoms with Gasteiger partial charge in [-0.3, -0.25) is 0 Å². The maximum absolute atomic E-state index is 6.00. The minimum Gasteiger partial charge on any atom is -1.00 e. The highest BCUT2D eigenvalue weighted by Crippen LogP contribution is 2.38. The maximum Gasteiger partial charge on any atom is 0.213 e. The fourth-order valence-electron chi connectivity index (χ4n) is 3.47. The molecule has 0 unspecified atom stereocenters. The Balaban J connectivity index is 0.00000210. The van der Waals surface area contributed by atoms with Gasteiger partial charge >= 0.3 is 0 Å². The van der Waals surface area contributed by atoms with E-state index in [9.17, 15) is 0 Å². The van der Waals surface area contributed by atoms with Crippen molar-refractivity contribution in [3.63, 3.8) is 0 Å². The number of para-hydroxylation sites is 3. The highest BCUT2D eigenvalue weighted by Gasteiger charge is 2.23. The standard InChI is InChI=1S/C23H23N2O.BrH/c1-3-24-17-16-18(19-11-5-6-12-20(19)24)10-9-15-23-25(4-2)21-13-7-8-14-22(21)26-23;/h5-17H,3-4H2,1-2H3;1H/q+1;/p-1. The molecule has 0 amide bonds. The lowest BCUT2D eigenvalue weighted by molar-refractivity contribution is -0.667. The lowest BCUT2D eigenvalue weighted by Crippen LogP contribution is -3.00. The van der Waals surface area contributed by atoms with Crippen molar-refractivity contribution in [1.29, 1.82) is 0 Å². The first-order valence-electron chi connectivity index (χ1n) is 9.15. The molecule has 0 fully saturated rings. The highest BCUT2D eigenvalue weighted by molar-refractivity contribution is 5.85. The third-order valence-corrected chi connectivity index (χ3v) is 4.77. The van der Waals surface area contributed by atoms with Crippen LogP contribution in [0.5, 0.6) is 5.75 Å². The number of benzene rings is 2. The molecule has 0 atom stereocenters. The van der Waals surface area contributed by atoms with E-state index in [-0.39, 0.29) is 17.0 Å². The van der Waals surface area contributed by atoms with Crippen LogP contribution in [0.2, 0.25) is 0 Å². The molecule has 27 heavy (non-hydrogen) atoms. The van der Waals surface area contributed by atoms with Crippen LogP contribution in [-0.2, 0) is 6.54 Å². The second kappa shape index (κ2) is 8.40. The summed E-state index contributed by atoms with van der Waals surface area (Å²) in [6.45, 7) is 6.14. The molecule has 0 N–H and O–H groups in total. The maximum atomic E-state index is 6.00. The van der Waals surface area contributed by atoms with Gasteiger partial charge in [-0.1, -0.05) is 36.4 Å². The number of ether oxygens (including phenoxy) is 1. The van der Waals surface area contributed by atoms with E-state index in [1.165, 1.54) is 16.5 Å². The minimum atomic E-state index is 0. The number of aromatic nitrogens is 1. The van der Waals surface area contributed by atoms with Crippen molar-refractivity contribution >= 4 is 22.7 Å². The number of rotatable bonds is 4. The van der Waals surface area contributed by atoms with Crippen molar-refractivity contribution in [2.24, 2.45) is 0 Å². The molecule has 1 aliphatic rings. The van der Waals surface area contributed by atoms with Crippen LogP contribution in [0.15, 0.2) is 78.8 Å². The molecular formula is C23H23BrN2O. The Bertz CT molecular complexity index is 1010. The van der Waals surface area contributed by atoms with Crippen molar-refractivity contribution in [2.75, 3.05) is 11.4 Å². The smallest absolute Gasteiger partial charge is 0.213 e. The Labute approximate surface area is 171 Å². The lowest BCUT2D eigenvalue weighted by Gasteiger charge is -2.14. The SMILES string of the molecule is CCN1C(=CC=Cc2cc[n+](CC)c3ccccc23)Oc2ccccc21.[Br-]. The molecule has 2 aromatic carbocycles. The minimum absolute atomic E-state index is 0. The summed E-state index contributed by atoms with van der Waals surface area (Å²) in [6, 6.07) is 18.9. The Hall–Kier alpha value is -2.59. The Morgan fingerprint density at radius 3 is 2.59 bits per heavy atom. The van der Waals surface area contributed by atoms with Gasteiger partial charge in [0.1, 0.15) is 6.54 Å². The van der Waals surface area contributed by atoms with Crippen LogP contribution in [0.1, 0.15) is 19.4 Å². The van der Waals surface area contributed by atoms with Crippen LogP contribution < -0.4 is 31.2 Å². The molecule has 0 saturated heterocycles. The van der Waals surface area contributed by atoms with E-state index < -0.39 is 0 Å². The van der Waals surface area contributed by atoms with E-state index in [1.807, 2.05) is 24.3 Å². The molecule has 1 aromatic heterocycles. The Morgan fingerprint density at radius 2 is 1.78 bits per heavy atom. The molecular weight excluding hydrogens is 400 g/mol. The summed E-state index contributed by atoms with van der Waals surface area (Å²) in [4.78, 5) is 2.19. The van der Waals surface area contributed by atoms with Crippen molar-refractivity contribution in [3.8, 4) is 5.75 Å². The summed E-state index contributed by atoms with van der Waals surface area (Å²) in [6.07, 6.45) is 8.41. The van der Waals surface area contributed by atoms with E-state index >= 15 is 0 Å². The van der Waals surface area contributed by atoms with Crippen LogP contribution in [0, 0.1) is 0 Å². The first-order chi connectivity index (χ1) is 12.8. The van der Waals surface area contributed by atoms with Gasteiger partial charge in [0.05, 0.1) is 11.1 Å². The van der Waals surface area contributed by atoms with Crippen LogP contribution >= 0.6 is 0 Å². The monoisotopic (exact) mass is 422 g/mol. The average molecular weight is 423 g/mol. The number of nitrogens with zero attached hydrogens (tertiary/aromatic N) is 2. The van der Waals surface area contributed by atoms with Crippen molar-refractivity contribution in [3.05, 3.63) is 84.4 Å². The van der Waals surface area contributed by atoms with Crippen molar-refractivity contribution in [1.82, 2.24) is 0 Å². The zero-order chi connectivity index (χ0) is 17.9. The molecule has 4 rings (SSSR count). The fourth-order valence-corrected chi connectivity index (χ4v) is 3.47.